The number of Topliss-reactive ketones (excluding diaryl/α,β-unsaturated/α-hetero) is 1. The highest BCUT2D eigenvalue weighted by atomic mass is 16.1. The minimum Gasteiger partial charge on any atom is -0.313 e. The van der Waals surface area contributed by atoms with Gasteiger partial charge in [0.25, 0.3) is 5.56 Å². The Kier molecular flexibility index (Phi) is 1.89. The van der Waals surface area contributed by atoms with Gasteiger partial charge in [0, 0.05) is 5.56 Å². The van der Waals surface area contributed by atoms with Gasteiger partial charge in [0.2, 0.25) is 0 Å². The van der Waals surface area contributed by atoms with Crippen LogP contribution >= 0.6 is 0 Å². The van der Waals surface area contributed by atoms with Gasteiger partial charge in [0.1, 0.15) is 0 Å². The summed E-state index contributed by atoms with van der Waals surface area (Å²) in [6.45, 7) is 1.46. The second kappa shape index (κ2) is 3.06. The second-order valence-corrected chi connectivity index (χ2v) is 2.99. The van der Waals surface area contributed by atoms with Gasteiger partial charge in [-0.25, -0.2) is 4.98 Å². The third kappa shape index (κ3) is 1.21. The Bertz CT molecular complexity index is 557. The number of carbonyl (C=O) groups is 1. The summed E-state index contributed by atoms with van der Waals surface area (Å²) in [7, 11) is 0. The molecule has 0 spiro atoms. The molecule has 0 saturated heterocycles. The first-order valence-corrected chi connectivity index (χ1v) is 4.17. The molecular formula is C10H8N2O2. The second-order valence-electron chi connectivity index (χ2n) is 2.99. The van der Waals surface area contributed by atoms with Crippen molar-refractivity contribution in [3.8, 4) is 0 Å². The van der Waals surface area contributed by atoms with Gasteiger partial charge in [-0.1, -0.05) is 6.07 Å². The number of carbonyl (C=O) groups excluding carboxylic acids is 1. The Morgan fingerprint density at radius 2 is 2.21 bits per heavy atom. The Morgan fingerprint density at radius 1 is 1.43 bits per heavy atom. The van der Waals surface area contributed by atoms with Crippen LogP contribution in [0.3, 0.4) is 0 Å². The normalized spacial score (nSPS) is 10.4. The summed E-state index contributed by atoms with van der Waals surface area (Å²) in [6.07, 6.45) is 1.30. The monoisotopic (exact) mass is 188 g/mol. The van der Waals surface area contributed by atoms with Crippen molar-refractivity contribution >= 4 is 16.7 Å². The minimum atomic E-state index is -0.224. The molecule has 0 amide bonds. The number of aromatic amines is 1. The molecule has 70 valence electrons. The third-order valence-electron chi connectivity index (χ3n) is 2.05. The molecule has 1 heterocycles. The van der Waals surface area contributed by atoms with E-state index in [1.54, 1.807) is 18.2 Å². The minimum absolute atomic E-state index is 0.0892. The quantitative estimate of drug-likeness (QED) is 0.682. The molecule has 0 aliphatic heterocycles. The molecule has 2 aromatic rings. The molecule has 0 radical (unpaired) electrons. The van der Waals surface area contributed by atoms with Crippen LogP contribution in [0.4, 0.5) is 0 Å². The first kappa shape index (κ1) is 8.62. The lowest BCUT2D eigenvalue weighted by atomic mass is 10.1. The van der Waals surface area contributed by atoms with Gasteiger partial charge < -0.3 is 4.98 Å². The lowest BCUT2D eigenvalue weighted by Gasteiger charge is -1.99. The zero-order valence-corrected chi connectivity index (χ0v) is 7.57. The van der Waals surface area contributed by atoms with E-state index in [2.05, 4.69) is 9.97 Å². The molecule has 0 unspecified atom stereocenters. The summed E-state index contributed by atoms with van der Waals surface area (Å²) < 4.78 is 0. The van der Waals surface area contributed by atoms with Crippen LogP contribution in [0.1, 0.15) is 17.3 Å². The Morgan fingerprint density at radius 3 is 2.93 bits per heavy atom. The van der Waals surface area contributed by atoms with E-state index in [-0.39, 0.29) is 11.3 Å². The van der Waals surface area contributed by atoms with E-state index in [1.807, 2.05) is 0 Å². The largest absolute Gasteiger partial charge is 0.313 e. The summed E-state index contributed by atoms with van der Waals surface area (Å²) >= 11 is 0. The molecule has 1 aromatic heterocycles. The summed E-state index contributed by atoms with van der Waals surface area (Å²) in [6, 6.07) is 4.99. The summed E-state index contributed by atoms with van der Waals surface area (Å²) in [5.41, 5.74) is 0.718. The third-order valence-corrected chi connectivity index (χ3v) is 2.05. The zero-order valence-electron chi connectivity index (χ0n) is 7.57. The van der Waals surface area contributed by atoms with Crippen LogP contribution in [0.25, 0.3) is 10.9 Å². The SMILES string of the molecule is CC(=O)c1cccc2c(=O)[nH]cnc12. The van der Waals surface area contributed by atoms with Crippen molar-refractivity contribution in [2.45, 2.75) is 6.92 Å². The van der Waals surface area contributed by atoms with Crippen LogP contribution in [0, 0.1) is 0 Å². The van der Waals surface area contributed by atoms with Crippen LogP contribution in [-0.2, 0) is 0 Å². The molecule has 4 nitrogen and oxygen atoms in total. The van der Waals surface area contributed by atoms with Crippen molar-refractivity contribution in [2.75, 3.05) is 0 Å². The van der Waals surface area contributed by atoms with Crippen molar-refractivity contribution in [3.63, 3.8) is 0 Å². The first-order valence-electron chi connectivity index (χ1n) is 4.17. The first-order chi connectivity index (χ1) is 6.70. The fourth-order valence-corrected chi connectivity index (χ4v) is 1.38. The maximum Gasteiger partial charge on any atom is 0.258 e. The predicted octanol–water partition coefficient (Wildman–Crippen LogP) is 1.13. The number of rotatable bonds is 1. The number of aromatic nitrogens is 2. The maximum atomic E-state index is 11.3. The lowest BCUT2D eigenvalue weighted by Crippen LogP contribution is -2.08. The van der Waals surface area contributed by atoms with E-state index in [4.69, 9.17) is 0 Å². The fourth-order valence-electron chi connectivity index (χ4n) is 1.38. The van der Waals surface area contributed by atoms with Crippen LogP contribution in [0.2, 0.25) is 0 Å². The van der Waals surface area contributed by atoms with E-state index in [0.29, 0.717) is 16.5 Å². The van der Waals surface area contributed by atoms with Crippen molar-refractivity contribution in [3.05, 3.63) is 40.4 Å². The molecule has 1 aromatic carbocycles. The van der Waals surface area contributed by atoms with Gasteiger partial charge in [-0.15, -0.1) is 0 Å². The molecule has 0 fully saturated rings. The number of ketones is 1. The predicted molar refractivity (Wildman–Crippen MR) is 52.4 cm³/mol. The summed E-state index contributed by atoms with van der Waals surface area (Å²) in [5.74, 6) is -0.0892. The average molecular weight is 188 g/mol. The van der Waals surface area contributed by atoms with E-state index < -0.39 is 0 Å². The fraction of sp³-hybridized carbons (Fsp3) is 0.100. The van der Waals surface area contributed by atoms with Crippen molar-refractivity contribution in [1.29, 1.82) is 0 Å². The van der Waals surface area contributed by atoms with Gasteiger partial charge in [0.05, 0.1) is 17.2 Å². The highest BCUT2D eigenvalue weighted by Crippen LogP contribution is 2.12. The Hall–Kier alpha value is -1.97. The van der Waals surface area contributed by atoms with E-state index in [9.17, 15) is 9.59 Å². The zero-order chi connectivity index (χ0) is 10.1. The van der Waals surface area contributed by atoms with E-state index >= 15 is 0 Å². The standard InChI is InChI=1S/C10H8N2O2/c1-6(13)7-3-2-4-8-9(7)11-5-12-10(8)14/h2-5H,1H3,(H,11,12,14). The number of para-hydroxylation sites is 1. The van der Waals surface area contributed by atoms with Gasteiger partial charge in [0.15, 0.2) is 5.78 Å². The number of H-pyrrole nitrogens is 1. The molecule has 0 aliphatic rings. The number of fused-ring (bicyclic) bond motifs is 1. The molecule has 2 rings (SSSR count). The number of hydrogen-bond acceptors (Lipinski definition) is 3. The van der Waals surface area contributed by atoms with Crippen molar-refractivity contribution in [1.82, 2.24) is 9.97 Å². The molecule has 4 heteroatoms. The Balaban J connectivity index is 2.95. The van der Waals surface area contributed by atoms with Crippen LogP contribution in [-0.4, -0.2) is 15.8 Å². The number of hydrogen-bond donors (Lipinski definition) is 1. The summed E-state index contributed by atoms with van der Waals surface area (Å²) in [4.78, 5) is 29.0. The smallest absolute Gasteiger partial charge is 0.258 e. The maximum absolute atomic E-state index is 11.3. The Labute approximate surface area is 79.6 Å². The number of benzene rings is 1. The van der Waals surface area contributed by atoms with Gasteiger partial charge in [-0.2, -0.15) is 0 Å². The molecule has 0 aliphatic carbocycles. The van der Waals surface area contributed by atoms with Gasteiger partial charge in [-0.3, -0.25) is 9.59 Å². The topological polar surface area (TPSA) is 62.8 Å². The van der Waals surface area contributed by atoms with Crippen molar-refractivity contribution < 1.29 is 4.79 Å². The highest BCUT2D eigenvalue weighted by Gasteiger charge is 2.07. The highest BCUT2D eigenvalue weighted by molar-refractivity contribution is 6.05. The molecule has 1 N–H and O–H groups in total. The molecule has 14 heavy (non-hydrogen) atoms. The molecule has 0 saturated carbocycles. The molecular weight excluding hydrogens is 180 g/mol. The number of nitrogens with zero attached hydrogens (tertiary/aromatic N) is 1. The molecule has 0 bridgehead atoms. The van der Waals surface area contributed by atoms with Gasteiger partial charge >= 0.3 is 0 Å². The summed E-state index contributed by atoms with van der Waals surface area (Å²) in [5, 5.41) is 0.445. The molecule has 0 atom stereocenters. The van der Waals surface area contributed by atoms with Crippen molar-refractivity contribution in [2.24, 2.45) is 0 Å². The van der Waals surface area contributed by atoms with Crippen LogP contribution < -0.4 is 5.56 Å². The van der Waals surface area contributed by atoms with Crippen LogP contribution in [0.5, 0.6) is 0 Å². The average Bonchev–Trinajstić information content (AvgIpc) is 2.17. The van der Waals surface area contributed by atoms with Crippen LogP contribution in [0.15, 0.2) is 29.3 Å². The number of nitrogens with one attached hydrogen (secondary N) is 1. The lowest BCUT2D eigenvalue weighted by molar-refractivity contribution is 0.101. The van der Waals surface area contributed by atoms with E-state index in [1.165, 1.54) is 13.3 Å². The van der Waals surface area contributed by atoms with Gasteiger partial charge in [-0.05, 0) is 19.1 Å². The van der Waals surface area contributed by atoms with E-state index in [0.717, 1.165) is 0 Å².